The lowest BCUT2D eigenvalue weighted by atomic mass is 10.1. The van der Waals surface area contributed by atoms with E-state index in [4.69, 9.17) is 5.11 Å². The smallest absolute Gasteiger partial charge is 0.0431 e. The van der Waals surface area contributed by atoms with Crippen LogP contribution in [0.15, 0.2) is 0 Å². The van der Waals surface area contributed by atoms with Crippen LogP contribution >= 0.6 is 0 Å². The Hall–Kier alpha value is -0.120. The first kappa shape index (κ1) is 16.9. The summed E-state index contributed by atoms with van der Waals surface area (Å²) < 4.78 is 0. The van der Waals surface area contributed by atoms with Crippen LogP contribution < -0.4 is 0 Å². The molecule has 0 aromatic carbocycles. The van der Waals surface area contributed by atoms with Crippen LogP contribution in [0.2, 0.25) is 0 Å². The molecule has 0 unspecified atom stereocenters. The van der Waals surface area contributed by atoms with E-state index < -0.39 is 0 Å². The first-order valence-corrected chi connectivity index (χ1v) is 7.04. The van der Waals surface area contributed by atoms with Gasteiger partial charge in [0.2, 0.25) is 0 Å². The largest absolute Gasteiger partial charge is 0.396 e. The zero-order valence-electron chi connectivity index (χ0n) is 12.3. The highest BCUT2D eigenvalue weighted by Gasteiger charge is 2.07. The molecule has 0 bridgehead atoms. The average molecular weight is 244 g/mol. The molecule has 0 atom stereocenters. The highest BCUT2D eigenvalue weighted by molar-refractivity contribution is 4.62. The van der Waals surface area contributed by atoms with E-state index in [9.17, 15) is 0 Å². The fourth-order valence-corrected chi connectivity index (χ4v) is 1.95. The van der Waals surface area contributed by atoms with E-state index in [0.717, 1.165) is 18.9 Å². The van der Waals surface area contributed by atoms with Crippen molar-refractivity contribution in [2.45, 2.75) is 39.5 Å². The third-order valence-electron chi connectivity index (χ3n) is 2.87. The van der Waals surface area contributed by atoms with Crippen LogP contribution in [0.3, 0.4) is 0 Å². The van der Waals surface area contributed by atoms with E-state index in [2.05, 4.69) is 37.7 Å². The molecule has 0 spiro atoms. The van der Waals surface area contributed by atoms with Crippen LogP contribution in [-0.4, -0.2) is 61.8 Å². The number of hydrogen-bond acceptors (Lipinski definition) is 3. The van der Waals surface area contributed by atoms with Gasteiger partial charge < -0.3 is 14.9 Å². The summed E-state index contributed by atoms with van der Waals surface area (Å²) in [6, 6.07) is 0. The molecule has 0 heterocycles. The molecule has 104 valence electrons. The predicted octanol–water partition coefficient (Wildman–Crippen LogP) is 2.06. The molecular weight excluding hydrogens is 212 g/mol. The monoisotopic (exact) mass is 244 g/mol. The molecule has 0 aliphatic rings. The van der Waals surface area contributed by atoms with Crippen molar-refractivity contribution in [3.63, 3.8) is 0 Å². The lowest BCUT2D eigenvalue weighted by Crippen LogP contribution is -2.35. The number of aliphatic hydroxyl groups excluding tert-OH is 1. The van der Waals surface area contributed by atoms with Gasteiger partial charge in [-0.05, 0) is 39.4 Å². The summed E-state index contributed by atoms with van der Waals surface area (Å²) in [6.07, 6.45) is 4.64. The Balaban J connectivity index is 3.69. The maximum absolute atomic E-state index is 8.72. The number of nitrogens with zero attached hydrogens (tertiary/aromatic N) is 2. The van der Waals surface area contributed by atoms with Crippen LogP contribution in [0.5, 0.6) is 0 Å². The van der Waals surface area contributed by atoms with E-state index in [1.165, 1.54) is 38.9 Å². The number of hydrogen-bond donors (Lipinski definition) is 1. The molecule has 0 aromatic heterocycles. The maximum Gasteiger partial charge on any atom is 0.0431 e. The number of aliphatic hydroxyl groups is 1. The quantitative estimate of drug-likeness (QED) is 0.564. The van der Waals surface area contributed by atoms with Crippen molar-refractivity contribution in [2.24, 2.45) is 5.92 Å². The number of unbranched alkanes of at least 4 members (excludes halogenated alkanes) is 3. The van der Waals surface area contributed by atoms with Crippen LogP contribution in [-0.2, 0) is 0 Å². The van der Waals surface area contributed by atoms with E-state index in [-0.39, 0.29) is 0 Å². The molecule has 0 aliphatic carbocycles. The topological polar surface area (TPSA) is 26.7 Å². The van der Waals surface area contributed by atoms with Crippen molar-refractivity contribution in [3.05, 3.63) is 0 Å². The minimum atomic E-state index is 0.344. The predicted molar refractivity (Wildman–Crippen MR) is 75.4 cm³/mol. The first-order chi connectivity index (χ1) is 8.06. The van der Waals surface area contributed by atoms with Gasteiger partial charge >= 0.3 is 0 Å². The van der Waals surface area contributed by atoms with Crippen molar-refractivity contribution in [1.82, 2.24) is 9.80 Å². The van der Waals surface area contributed by atoms with Crippen LogP contribution in [0.4, 0.5) is 0 Å². The standard InChI is InChI=1S/C14H32N2O/c1-14(2)13-16(11-10-15(3)4)9-7-5-6-8-12-17/h14,17H,5-13H2,1-4H3. The molecule has 17 heavy (non-hydrogen) atoms. The molecule has 3 nitrogen and oxygen atoms in total. The molecule has 1 N–H and O–H groups in total. The molecule has 0 fully saturated rings. The Labute approximate surface area is 108 Å². The Morgan fingerprint density at radius 1 is 0.882 bits per heavy atom. The van der Waals surface area contributed by atoms with Crippen LogP contribution in [0.25, 0.3) is 0 Å². The Morgan fingerprint density at radius 2 is 1.53 bits per heavy atom. The molecule has 0 aromatic rings. The van der Waals surface area contributed by atoms with Gasteiger partial charge in [-0.1, -0.05) is 26.7 Å². The summed E-state index contributed by atoms with van der Waals surface area (Å²) in [6.45, 7) is 9.64. The zero-order valence-corrected chi connectivity index (χ0v) is 12.3. The third kappa shape index (κ3) is 12.1. The van der Waals surface area contributed by atoms with Crippen molar-refractivity contribution in [2.75, 3.05) is 46.9 Å². The summed E-state index contributed by atoms with van der Waals surface area (Å²) in [5, 5.41) is 8.72. The van der Waals surface area contributed by atoms with Gasteiger partial charge in [0.15, 0.2) is 0 Å². The Kier molecular flexibility index (Phi) is 10.9. The van der Waals surface area contributed by atoms with Crippen molar-refractivity contribution in [1.29, 1.82) is 0 Å². The Morgan fingerprint density at radius 3 is 2.06 bits per heavy atom. The van der Waals surface area contributed by atoms with Gasteiger partial charge in [0.1, 0.15) is 0 Å². The molecule has 0 amide bonds. The van der Waals surface area contributed by atoms with E-state index in [0.29, 0.717) is 6.61 Å². The minimum absolute atomic E-state index is 0.344. The van der Waals surface area contributed by atoms with E-state index in [1.807, 2.05) is 0 Å². The molecule has 0 radical (unpaired) electrons. The van der Waals surface area contributed by atoms with Gasteiger partial charge in [0, 0.05) is 26.2 Å². The molecular formula is C14H32N2O. The average Bonchev–Trinajstić information content (AvgIpc) is 2.24. The third-order valence-corrected chi connectivity index (χ3v) is 2.87. The lowest BCUT2D eigenvalue weighted by Gasteiger charge is -2.25. The molecule has 0 saturated heterocycles. The van der Waals surface area contributed by atoms with Gasteiger partial charge in [-0.3, -0.25) is 0 Å². The summed E-state index contributed by atoms with van der Waals surface area (Å²) >= 11 is 0. The highest BCUT2D eigenvalue weighted by Crippen LogP contribution is 2.04. The van der Waals surface area contributed by atoms with E-state index in [1.54, 1.807) is 0 Å². The highest BCUT2D eigenvalue weighted by atomic mass is 16.2. The molecule has 0 rings (SSSR count). The first-order valence-electron chi connectivity index (χ1n) is 7.04. The number of likely N-dealkylation sites (N-methyl/N-ethyl adjacent to an activating group) is 1. The lowest BCUT2D eigenvalue weighted by molar-refractivity contribution is 0.213. The fraction of sp³-hybridized carbons (Fsp3) is 1.00. The summed E-state index contributed by atoms with van der Waals surface area (Å²) in [5.41, 5.74) is 0. The van der Waals surface area contributed by atoms with Gasteiger partial charge in [-0.15, -0.1) is 0 Å². The molecule has 3 heteroatoms. The second-order valence-corrected chi connectivity index (χ2v) is 5.64. The fourth-order valence-electron chi connectivity index (χ4n) is 1.95. The summed E-state index contributed by atoms with van der Waals surface area (Å²) in [5.74, 6) is 0.745. The summed E-state index contributed by atoms with van der Waals surface area (Å²) in [4.78, 5) is 4.82. The molecule has 0 aliphatic heterocycles. The van der Waals surface area contributed by atoms with Gasteiger partial charge in [0.25, 0.3) is 0 Å². The number of rotatable bonds is 11. The minimum Gasteiger partial charge on any atom is -0.396 e. The van der Waals surface area contributed by atoms with Crippen molar-refractivity contribution >= 4 is 0 Å². The van der Waals surface area contributed by atoms with Gasteiger partial charge in [-0.2, -0.15) is 0 Å². The SMILES string of the molecule is CC(C)CN(CCCCCCO)CCN(C)C. The van der Waals surface area contributed by atoms with Gasteiger partial charge in [-0.25, -0.2) is 0 Å². The van der Waals surface area contributed by atoms with Crippen LogP contribution in [0.1, 0.15) is 39.5 Å². The molecule has 0 saturated carbocycles. The van der Waals surface area contributed by atoms with Gasteiger partial charge in [0.05, 0.1) is 0 Å². The summed E-state index contributed by atoms with van der Waals surface area (Å²) in [7, 11) is 4.27. The van der Waals surface area contributed by atoms with Crippen molar-refractivity contribution in [3.8, 4) is 0 Å². The Bertz CT molecular complexity index is 160. The second kappa shape index (κ2) is 11.0. The maximum atomic E-state index is 8.72. The second-order valence-electron chi connectivity index (χ2n) is 5.64. The zero-order chi connectivity index (χ0) is 13.1. The normalized spacial score (nSPS) is 12.0. The van der Waals surface area contributed by atoms with E-state index >= 15 is 0 Å². The van der Waals surface area contributed by atoms with Crippen LogP contribution in [0, 0.1) is 5.92 Å². The van der Waals surface area contributed by atoms with Crippen molar-refractivity contribution < 1.29 is 5.11 Å².